The van der Waals surface area contributed by atoms with E-state index in [1.165, 1.54) is 6.07 Å². The van der Waals surface area contributed by atoms with Crippen molar-refractivity contribution in [1.29, 1.82) is 0 Å². The molecule has 1 aromatic carbocycles. The summed E-state index contributed by atoms with van der Waals surface area (Å²) >= 11 is 3.14. The fourth-order valence-corrected chi connectivity index (χ4v) is 2.30. The van der Waals surface area contributed by atoms with Crippen LogP contribution in [0.3, 0.4) is 0 Å². The second kappa shape index (κ2) is 4.82. The van der Waals surface area contributed by atoms with E-state index < -0.39 is 0 Å². The van der Waals surface area contributed by atoms with Gasteiger partial charge in [-0.3, -0.25) is 9.97 Å². The first kappa shape index (κ1) is 13.0. The Kier molecular flexibility index (Phi) is 3.13. The number of nitrogen functional groups attached to an aromatic ring is 1. The smallest absolute Gasteiger partial charge is 0.201 e. The molecule has 20 heavy (non-hydrogen) atoms. The van der Waals surface area contributed by atoms with E-state index in [9.17, 15) is 4.39 Å². The zero-order chi connectivity index (χ0) is 14.3. The number of benzene rings is 1. The van der Waals surface area contributed by atoms with Crippen molar-refractivity contribution in [2.45, 2.75) is 13.5 Å². The molecular formula is C13H11BrFN5. The van der Waals surface area contributed by atoms with Gasteiger partial charge in [-0.1, -0.05) is 0 Å². The molecule has 0 aliphatic carbocycles. The number of aromatic nitrogens is 4. The third-order valence-electron chi connectivity index (χ3n) is 2.97. The molecule has 7 heteroatoms. The fraction of sp³-hybridized carbons (Fsp3) is 0.154. The Morgan fingerprint density at radius 2 is 2.10 bits per heavy atom. The average Bonchev–Trinajstić information content (AvgIpc) is 2.69. The Labute approximate surface area is 122 Å². The molecule has 102 valence electrons. The minimum Gasteiger partial charge on any atom is -0.369 e. The van der Waals surface area contributed by atoms with Gasteiger partial charge in [0.05, 0.1) is 39.6 Å². The van der Waals surface area contributed by atoms with E-state index in [2.05, 4.69) is 30.9 Å². The number of hydrogen-bond acceptors (Lipinski definition) is 4. The highest BCUT2D eigenvalue weighted by Crippen LogP contribution is 2.25. The topological polar surface area (TPSA) is 69.6 Å². The van der Waals surface area contributed by atoms with Gasteiger partial charge in [0.15, 0.2) is 0 Å². The molecule has 0 radical (unpaired) electrons. The van der Waals surface area contributed by atoms with Crippen LogP contribution in [0.2, 0.25) is 0 Å². The first-order valence-electron chi connectivity index (χ1n) is 5.93. The molecule has 0 bridgehead atoms. The first-order chi connectivity index (χ1) is 9.54. The summed E-state index contributed by atoms with van der Waals surface area (Å²) in [5.74, 6) is -0.0338. The van der Waals surface area contributed by atoms with Gasteiger partial charge in [0, 0.05) is 12.3 Å². The first-order valence-corrected chi connectivity index (χ1v) is 6.72. The monoisotopic (exact) mass is 335 g/mol. The molecule has 0 amide bonds. The highest BCUT2D eigenvalue weighted by atomic mass is 79.9. The Balaban J connectivity index is 2.08. The van der Waals surface area contributed by atoms with E-state index in [1.807, 2.05) is 6.92 Å². The van der Waals surface area contributed by atoms with Crippen LogP contribution in [-0.2, 0) is 6.54 Å². The second-order valence-electron chi connectivity index (χ2n) is 4.46. The van der Waals surface area contributed by atoms with Gasteiger partial charge in [-0.15, -0.1) is 0 Å². The minimum absolute atomic E-state index is 0.319. The van der Waals surface area contributed by atoms with Gasteiger partial charge in [0.2, 0.25) is 5.95 Å². The number of anilines is 1. The summed E-state index contributed by atoms with van der Waals surface area (Å²) in [6.45, 7) is 2.27. The molecule has 0 saturated heterocycles. The number of aryl methyl sites for hydroxylation is 1. The number of hydrogen-bond donors (Lipinski definition) is 1. The molecule has 2 heterocycles. The summed E-state index contributed by atoms with van der Waals surface area (Å²) < 4.78 is 15.8. The maximum absolute atomic E-state index is 13.7. The van der Waals surface area contributed by atoms with Crippen molar-refractivity contribution in [3.05, 3.63) is 46.2 Å². The van der Waals surface area contributed by atoms with Crippen molar-refractivity contribution in [2.75, 3.05) is 5.73 Å². The Bertz CT molecular complexity index is 782. The van der Waals surface area contributed by atoms with Crippen LogP contribution in [-0.4, -0.2) is 19.5 Å². The lowest BCUT2D eigenvalue weighted by atomic mass is 10.3. The molecule has 5 nitrogen and oxygen atoms in total. The third kappa shape index (κ3) is 2.24. The lowest BCUT2D eigenvalue weighted by Crippen LogP contribution is -2.06. The summed E-state index contributed by atoms with van der Waals surface area (Å²) in [6, 6.07) is 3.02. The molecule has 0 unspecified atom stereocenters. The summed E-state index contributed by atoms with van der Waals surface area (Å²) in [5.41, 5.74) is 8.74. The predicted octanol–water partition coefficient (Wildman–Crippen LogP) is 2.67. The predicted molar refractivity (Wildman–Crippen MR) is 77.7 cm³/mol. The maximum atomic E-state index is 13.7. The van der Waals surface area contributed by atoms with Crippen LogP contribution in [0, 0.1) is 12.7 Å². The minimum atomic E-state index is -0.353. The number of imidazole rings is 1. The molecular weight excluding hydrogens is 325 g/mol. The molecule has 0 fully saturated rings. The second-order valence-corrected chi connectivity index (χ2v) is 5.31. The van der Waals surface area contributed by atoms with E-state index in [0.29, 0.717) is 28.0 Å². The van der Waals surface area contributed by atoms with Crippen LogP contribution in [0.15, 0.2) is 29.0 Å². The Hall–Kier alpha value is -2.02. The van der Waals surface area contributed by atoms with Crippen molar-refractivity contribution < 1.29 is 4.39 Å². The van der Waals surface area contributed by atoms with Gasteiger partial charge in [0.25, 0.3) is 0 Å². The molecule has 0 atom stereocenters. The van der Waals surface area contributed by atoms with Gasteiger partial charge in [-0.25, -0.2) is 9.37 Å². The third-order valence-corrected chi connectivity index (χ3v) is 3.58. The molecule has 0 saturated carbocycles. The molecule has 0 aliphatic rings. The SMILES string of the molecule is Cc1cnc(Cn2c(N)nc3cc(Br)c(F)cc32)cn1. The van der Waals surface area contributed by atoms with Crippen molar-refractivity contribution in [2.24, 2.45) is 0 Å². The van der Waals surface area contributed by atoms with Crippen molar-refractivity contribution in [3.63, 3.8) is 0 Å². The number of nitrogens with two attached hydrogens (primary N) is 1. The molecule has 2 aromatic heterocycles. The number of rotatable bonds is 2. The normalized spacial score (nSPS) is 11.2. The number of fused-ring (bicyclic) bond motifs is 1. The van der Waals surface area contributed by atoms with Crippen LogP contribution < -0.4 is 5.73 Å². The van der Waals surface area contributed by atoms with Gasteiger partial charge in [-0.05, 0) is 28.9 Å². The summed E-state index contributed by atoms with van der Waals surface area (Å²) in [6.07, 6.45) is 3.36. The average molecular weight is 336 g/mol. The number of halogens is 2. The molecule has 3 rings (SSSR count). The zero-order valence-electron chi connectivity index (χ0n) is 10.6. The Morgan fingerprint density at radius 1 is 1.30 bits per heavy atom. The van der Waals surface area contributed by atoms with Crippen molar-refractivity contribution in [1.82, 2.24) is 19.5 Å². The summed E-state index contributed by atoms with van der Waals surface area (Å²) in [7, 11) is 0. The van der Waals surface area contributed by atoms with Gasteiger partial charge in [0.1, 0.15) is 5.82 Å². The van der Waals surface area contributed by atoms with Gasteiger partial charge < -0.3 is 10.3 Å². The van der Waals surface area contributed by atoms with E-state index in [-0.39, 0.29) is 5.82 Å². The lowest BCUT2D eigenvalue weighted by molar-refractivity contribution is 0.622. The lowest BCUT2D eigenvalue weighted by Gasteiger charge is -2.06. The largest absolute Gasteiger partial charge is 0.369 e. The van der Waals surface area contributed by atoms with Crippen LogP contribution >= 0.6 is 15.9 Å². The van der Waals surface area contributed by atoms with Crippen LogP contribution in [0.25, 0.3) is 11.0 Å². The van der Waals surface area contributed by atoms with Crippen molar-refractivity contribution >= 4 is 32.9 Å². The highest BCUT2D eigenvalue weighted by Gasteiger charge is 2.12. The van der Waals surface area contributed by atoms with Crippen molar-refractivity contribution in [3.8, 4) is 0 Å². The zero-order valence-corrected chi connectivity index (χ0v) is 12.2. The van der Waals surface area contributed by atoms with Crippen LogP contribution in [0.4, 0.5) is 10.3 Å². The van der Waals surface area contributed by atoms with Crippen LogP contribution in [0.1, 0.15) is 11.4 Å². The molecule has 2 N–H and O–H groups in total. The molecule has 0 aliphatic heterocycles. The van der Waals surface area contributed by atoms with Gasteiger partial charge in [-0.2, -0.15) is 0 Å². The maximum Gasteiger partial charge on any atom is 0.201 e. The number of nitrogens with zero attached hydrogens (tertiary/aromatic N) is 4. The molecule has 0 spiro atoms. The Morgan fingerprint density at radius 3 is 2.80 bits per heavy atom. The summed E-state index contributed by atoms with van der Waals surface area (Å²) in [5, 5.41) is 0. The standard InChI is InChI=1S/C13H11BrFN5/c1-7-4-18-8(5-17-7)6-20-12-3-10(15)9(14)2-11(12)19-13(20)16/h2-5H,6H2,1H3,(H2,16,19). The van der Waals surface area contributed by atoms with E-state index in [1.54, 1.807) is 23.0 Å². The fourth-order valence-electron chi connectivity index (χ4n) is 1.97. The summed E-state index contributed by atoms with van der Waals surface area (Å²) in [4.78, 5) is 12.7. The van der Waals surface area contributed by atoms with E-state index in [0.717, 1.165) is 11.4 Å². The van der Waals surface area contributed by atoms with Gasteiger partial charge >= 0.3 is 0 Å². The van der Waals surface area contributed by atoms with E-state index in [4.69, 9.17) is 5.73 Å². The quantitative estimate of drug-likeness (QED) is 0.781. The van der Waals surface area contributed by atoms with Crippen LogP contribution in [0.5, 0.6) is 0 Å². The molecule has 3 aromatic rings. The highest BCUT2D eigenvalue weighted by molar-refractivity contribution is 9.10. The van der Waals surface area contributed by atoms with E-state index >= 15 is 0 Å².